The molecule has 0 unspecified atom stereocenters. The fourth-order valence-electron chi connectivity index (χ4n) is 1.19. The molecule has 80 valence electrons. The van der Waals surface area contributed by atoms with Crippen LogP contribution in [0.2, 0.25) is 0 Å². The van der Waals surface area contributed by atoms with Gasteiger partial charge in [0.1, 0.15) is 0 Å². The van der Waals surface area contributed by atoms with Crippen molar-refractivity contribution in [1.29, 1.82) is 0 Å². The molecule has 0 aliphatic rings. The van der Waals surface area contributed by atoms with Crippen LogP contribution in [0.15, 0.2) is 24.3 Å². The molecule has 0 heterocycles. The minimum atomic E-state index is 0. The third-order valence-corrected chi connectivity index (χ3v) is 2.69. The number of halogens is 2. The summed E-state index contributed by atoms with van der Waals surface area (Å²) in [6, 6.07) is 8.25. The molecule has 3 N–H and O–H groups in total. The first-order valence-corrected chi connectivity index (χ1v) is 5.44. The Bertz CT molecular complexity index is 253. The van der Waals surface area contributed by atoms with Crippen molar-refractivity contribution in [1.82, 2.24) is 0 Å². The average molecular weight is 328 g/mol. The summed E-state index contributed by atoms with van der Waals surface area (Å²) in [5, 5.41) is 8.65. The normalized spacial score (nSPS) is 11.9. The highest BCUT2D eigenvalue weighted by Gasteiger charge is 2.04. The van der Waals surface area contributed by atoms with Gasteiger partial charge in [-0.3, -0.25) is 0 Å². The van der Waals surface area contributed by atoms with Crippen LogP contribution in [0.1, 0.15) is 24.4 Å². The van der Waals surface area contributed by atoms with Crippen LogP contribution in [-0.4, -0.2) is 11.7 Å². The molecule has 0 saturated carbocycles. The number of hydrogen-bond donors (Lipinski definition) is 2. The topological polar surface area (TPSA) is 46.2 Å². The van der Waals surface area contributed by atoms with Crippen molar-refractivity contribution >= 4 is 35.0 Å². The van der Waals surface area contributed by atoms with Gasteiger partial charge in [0, 0.05) is 16.2 Å². The van der Waals surface area contributed by atoms with Gasteiger partial charge in [0.15, 0.2) is 0 Å². The second-order valence-electron chi connectivity index (χ2n) is 3.02. The molecule has 0 amide bonds. The Morgan fingerprint density at radius 3 is 2.36 bits per heavy atom. The summed E-state index contributed by atoms with van der Waals surface area (Å²) < 4.78 is 1.22. The largest absolute Gasteiger partial charge is 0.396 e. The van der Waals surface area contributed by atoms with Crippen molar-refractivity contribution in [3.8, 4) is 0 Å². The Labute approximate surface area is 104 Å². The van der Waals surface area contributed by atoms with E-state index in [0.29, 0.717) is 0 Å². The number of benzene rings is 1. The highest BCUT2D eigenvalue weighted by Crippen LogP contribution is 2.16. The third-order valence-electron chi connectivity index (χ3n) is 1.97. The van der Waals surface area contributed by atoms with Crippen molar-refractivity contribution in [3.05, 3.63) is 33.4 Å². The van der Waals surface area contributed by atoms with Gasteiger partial charge in [0.25, 0.3) is 0 Å². The fraction of sp³-hybridized carbons (Fsp3) is 0.400. The number of hydrogen-bond acceptors (Lipinski definition) is 2. The predicted octanol–water partition coefficient (Wildman–Crippen LogP) is 2.49. The van der Waals surface area contributed by atoms with E-state index in [4.69, 9.17) is 10.8 Å². The Hall–Kier alpha value is 0.160. The van der Waals surface area contributed by atoms with Crippen LogP contribution >= 0.6 is 35.0 Å². The summed E-state index contributed by atoms with van der Waals surface area (Å²) in [5.41, 5.74) is 7.06. The lowest BCUT2D eigenvalue weighted by Crippen LogP contribution is -2.10. The van der Waals surface area contributed by atoms with Crippen LogP contribution < -0.4 is 5.73 Å². The number of aliphatic hydroxyl groups excluding tert-OH is 1. The van der Waals surface area contributed by atoms with Gasteiger partial charge in [-0.2, -0.15) is 0 Å². The summed E-state index contributed by atoms with van der Waals surface area (Å²) in [4.78, 5) is 0. The van der Waals surface area contributed by atoms with E-state index in [1.165, 1.54) is 3.57 Å². The quantitative estimate of drug-likeness (QED) is 0.835. The van der Waals surface area contributed by atoms with E-state index < -0.39 is 0 Å². The van der Waals surface area contributed by atoms with Crippen molar-refractivity contribution < 1.29 is 5.11 Å². The van der Waals surface area contributed by atoms with Gasteiger partial charge >= 0.3 is 0 Å². The second kappa shape index (κ2) is 7.45. The van der Waals surface area contributed by atoms with Gasteiger partial charge in [-0.25, -0.2) is 0 Å². The van der Waals surface area contributed by atoms with Crippen LogP contribution in [0, 0.1) is 3.57 Å². The zero-order chi connectivity index (χ0) is 9.68. The Kier molecular flexibility index (Phi) is 7.54. The smallest absolute Gasteiger partial charge is 0.0431 e. The molecule has 2 nitrogen and oxygen atoms in total. The average Bonchev–Trinajstić information content (AvgIpc) is 2.15. The highest BCUT2D eigenvalue weighted by molar-refractivity contribution is 14.1. The number of rotatable bonds is 4. The minimum Gasteiger partial charge on any atom is -0.396 e. The zero-order valence-corrected chi connectivity index (χ0v) is 10.8. The van der Waals surface area contributed by atoms with E-state index in [-0.39, 0.29) is 25.1 Å². The van der Waals surface area contributed by atoms with E-state index >= 15 is 0 Å². The third kappa shape index (κ3) is 4.59. The van der Waals surface area contributed by atoms with E-state index in [0.717, 1.165) is 18.4 Å². The summed E-state index contributed by atoms with van der Waals surface area (Å²) in [5.74, 6) is 0. The molecule has 0 fully saturated rings. The molecule has 0 saturated heterocycles. The first-order chi connectivity index (χ1) is 6.24. The van der Waals surface area contributed by atoms with Gasteiger partial charge in [-0.1, -0.05) is 12.1 Å². The second-order valence-corrected chi connectivity index (χ2v) is 4.27. The van der Waals surface area contributed by atoms with Crippen molar-refractivity contribution in [2.75, 3.05) is 6.61 Å². The van der Waals surface area contributed by atoms with Gasteiger partial charge in [0.2, 0.25) is 0 Å². The molecule has 1 aromatic carbocycles. The van der Waals surface area contributed by atoms with Gasteiger partial charge in [-0.15, -0.1) is 12.4 Å². The molecule has 14 heavy (non-hydrogen) atoms. The summed E-state index contributed by atoms with van der Waals surface area (Å²) in [7, 11) is 0. The van der Waals surface area contributed by atoms with Crippen LogP contribution in [0.5, 0.6) is 0 Å². The molecule has 0 bridgehead atoms. The first-order valence-electron chi connectivity index (χ1n) is 4.36. The summed E-state index contributed by atoms with van der Waals surface area (Å²) >= 11 is 2.27. The Balaban J connectivity index is 0.00000169. The van der Waals surface area contributed by atoms with Gasteiger partial charge < -0.3 is 10.8 Å². The van der Waals surface area contributed by atoms with E-state index in [1.807, 2.05) is 12.1 Å². The molecule has 1 rings (SSSR count). The lowest BCUT2D eigenvalue weighted by Gasteiger charge is -2.10. The van der Waals surface area contributed by atoms with Crippen LogP contribution in [0.25, 0.3) is 0 Å². The van der Waals surface area contributed by atoms with Crippen LogP contribution in [-0.2, 0) is 0 Å². The van der Waals surface area contributed by atoms with Gasteiger partial charge in [0.05, 0.1) is 0 Å². The Morgan fingerprint density at radius 1 is 1.29 bits per heavy atom. The van der Waals surface area contributed by atoms with Gasteiger partial charge in [-0.05, 0) is 53.1 Å². The maximum Gasteiger partial charge on any atom is 0.0431 e. The standard InChI is InChI=1S/C10H14INO.ClH/c11-9-5-3-8(4-6-9)10(12)2-1-7-13;/h3-6,10,13H,1-2,7,12H2;1H/t10-;/m1./s1. The number of nitrogens with two attached hydrogens (primary N) is 1. The van der Waals surface area contributed by atoms with E-state index in [2.05, 4.69) is 34.7 Å². The number of aliphatic hydroxyl groups is 1. The first kappa shape index (κ1) is 14.2. The zero-order valence-electron chi connectivity index (χ0n) is 7.82. The molecule has 0 spiro atoms. The minimum absolute atomic E-state index is 0. The maximum atomic E-state index is 8.65. The lowest BCUT2D eigenvalue weighted by molar-refractivity contribution is 0.280. The molecular formula is C10H15ClINO. The molecule has 4 heteroatoms. The maximum absolute atomic E-state index is 8.65. The molecule has 0 aliphatic carbocycles. The molecule has 0 aromatic heterocycles. The molecule has 1 aromatic rings. The van der Waals surface area contributed by atoms with Crippen molar-refractivity contribution in [2.24, 2.45) is 5.73 Å². The van der Waals surface area contributed by atoms with E-state index in [9.17, 15) is 0 Å². The molecule has 0 radical (unpaired) electrons. The summed E-state index contributed by atoms with van der Waals surface area (Å²) in [6.45, 7) is 0.220. The monoisotopic (exact) mass is 327 g/mol. The van der Waals surface area contributed by atoms with Crippen molar-refractivity contribution in [2.45, 2.75) is 18.9 Å². The molecule has 0 aliphatic heterocycles. The van der Waals surface area contributed by atoms with Crippen LogP contribution in [0.3, 0.4) is 0 Å². The molecule has 1 atom stereocenters. The summed E-state index contributed by atoms with van der Waals surface area (Å²) in [6.07, 6.45) is 1.62. The predicted molar refractivity (Wildman–Crippen MR) is 69.7 cm³/mol. The lowest BCUT2D eigenvalue weighted by atomic mass is 10.0. The SMILES string of the molecule is Cl.N[C@H](CCCO)c1ccc(I)cc1. The Morgan fingerprint density at radius 2 is 1.86 bits per heavy atom. The van der Waals surface area contributed by atoms with Crippen LogP contribution in [0.4, 0.5) is 0 Å². The molecular weight excluding hydrogens is 312 g/mol. The highest BCUT2D eigenvalue weighted by atomic mass is 127. The van der Waals surface area contributed by atoms with E-state index in [1.54, 1.807) is 0 Å². The van der Waals surface area contributed by atoms with Crippen molar-refractivity contribution in [3.63, 3.8) is 0 Å². The fourth-order valence-corrected chi connectivity index (χ4v) is 1.55.